The van der Waals surface area contributed by atoms with Crippen molar-refractivity contribution in [2.45, 2.75) is 37.5 Å². The van der Waals surface area contributed by atoms with Crippen LogP contribution in [0.2, 0.25) is 5.02 Å². The van der Waals surface area contributed by atoms with Crippen molar-refractivity contribution in [3.8, 4) is 0 Å². The minimum absolute atomic E-state index is 0.0910. The molecule has 3 aliphatic rings. The molecule has 1 amide bonds. The van der Waals surface area contributed by atoms with E-state index in [0.717, 1.165) is 30.4 Å². The van der Waals surface area contributed by atoms with Gasteiger partial charge in [0.1, 0.15) is 0 Å². The lowest BCUT2D eigenvalue weighted by molar-refractivity contribution is -0.137. The SMILES string of the molecule is O=C(CN1CC=C(c2ccc(Cl)c(C(F)(F)F)c2)CC1)N1CC2CCC(C1)N2c1ncccn1. The highest BCUT2D eigenvalue weighted by molar-refractivity contribution is 6.31. The van der Waals surface area contributed by atoms with E-state index in [2.05, 4.69) is 14.9 Å². The molecular weight excluding hydrogens is 467 g/mol. The van der Waals surface area contributed by atoms with E-state index in [1.54, 1.807) is 24.5 Å². The van der Waals surface area contributed by atoms with Crippen LogP contribution < -0.4 is 4.90 Å². The maximum absolute atomic E-state index is 13.2. The lowest BCUT2D eigenvalue weighted by Gasteiger charge is -2.41. The Morgan fingerprint density at radius 3 is 2.44 bits per heavy atom. The fourth-order valence-corrected chi connectivity index (χ4v) is 5.43. The van der Waals surface area contributed by atoms with E-state index in [9.17, 15) is 18.0 Å². The molecule has 34 heavy (non-hydrogen) atoms. The molecule has 0 N–H and O–H groups in total. The van der Waals surface area contributed by atoms with Crippen molar-refractivity contribution in [1.82, 2.24) is 19.8 Å². The zero-order chi connectivity index (χ0) is 23.9. The smallest absolute Gasteiger partial charge is 0.337 e. The number of piperazine rings is 1. The molecule has 1 aromatic heterocycles. The third-order valence-electron chi connectivity index (χ3n) is 6.91. The Morgan fingerprint density at radius 2 is 1.82 bits per heavy atom. The number of carbonyl (C=O) groups excluding carboxylic acids is 1. The van der Waals surface area contributed by atoms with Gasteiger partial charge in [0.25, 0.3) is 0 Å². The standard InChI is InChI=1S/C24H25ClF3N5O/c25-21-5-2-17(12-20(21)24(26,27)28)16-6-10-31(11-7-16)15-22(34)32-13-18-3-4-19(14-32)33(18)23-29-8-1-9-30-23/h1-2,5-6,8-9,12,18-19H,3-4,7,10-11,13-15H2. The van der Waals surface area contributed by atoms with Gasteiger partial charge in [0.05, 0.1) is 17.1 Å². The fourth-order valence-electron chi connectivity index (χ4n) is 5.21. The van der Waals surface area contributed by atoms with E-state index in [-0.39, 0.29) is 23.0 Å². The largest absolute Gasteiger partial charge is 0.417 e. The zero-order valence-electron chi connectivity index (χ0n) is 18.5. The van der Waals surface area contributed by atoms with Gasteiger partial charge in [0.2, 0.25) is 11.9 Å². The topological polar surface area (TPSA) is 52.6 Å². The van der Waals surface area contributed by atoms with E-state index < -0.39 is 11.7 Å². The molecule has 2 atom stereocenters. The summed E-state index contributed by atoms with van der Waals surface area (Å²) in [5.74, 6) is 0.819. The minimum atomic E-state index is -4.49. The van der Waals surface area contributed by atoms with E-state index in [0.29, 0.717) is 44.7 Å². The number of fused-ring (bicyclic) bond motifs is 2. The number of anilines is 1. The van der Waals surface area contributed by atoms with E-state index in [1.807, 2.05) is 15.9 Å². The molecule has 6 nitrogen and oxygen atoms in total. The van der Waals surface area contributed by atoms with Crippen LogP contribution >= 0.6 is 11.6 Å². The summed E-state index contributed by atoms with van der Waals surface area (Å²) in [6, 6.07) is 6.28. The first-order chi connectivity index (χ1) is 16.3. The Bertz CT molecular complexity index is 1080. The predicted molar refractivity (Wildman–Crippen MR) is 123 cm³/mol. The van der Waals surface area contributed by atoms with Crippen molar-refractivity contribution in [2.24, 2.45) is 0 Å². The van der Waals surface area contributed by atoms with Crippen LogP contribution in [0, 0.1) is 0 Å². The number of carbonyl (C=O) groups is 1. The number of rotatable bonds is 4. The maximum Gasteiger partial charge on any atom is 0.417 e. The molecule has 0 aliphatic carbocycles. The highest BCUT2D eigenvalue weighted by Gasteiger charge is 2.42. The molecule has 180 valence electrons. The average Bonchev–Trinajstić information content (AvgIpc) is 3.09. The fraction of sp³-hybridized carbons (Fsp3) is 0.458. The zero-order valence-corrected chi connectivity index (χ0v) is 19.3. The van der Waals surface area contributed by atoms with Gasteiger partial charge >= 0.3 is 6.18 Å². The van der Waals surface area contributed by atoms with Crippen molar-refractivity contribution in [3.63, 3.8) is 0 Å². The predicted octanol–water partition coefficient (Wildman–Crippen LogP) is 4.12. The third kappa shape index (κ3) is 4.63. The summed E-state index contributed by atoms with van der Waals surface area (Å²) in [5, 5.41) is -0.298. The van der Waals surface area contributed by atoms with Crippen LogP contribution in [-0.2, 0) is 11.0 Å². The van der Waals surface area contributed by atoms with Gasteiger partial charge in [-0.1, -0.05) is 23.7 Å². The second kappa shape index (κ2) is 9.19. The van der Waals surface area contributed by atoms with Crippen molar-refractivity contribution < 1.29 is 18.0 Å². The number of hydrogen-bond donors (Lipinski definition) is 0. The lowest BCUT2D eigenvalue weighted by Crippen LogP contribution is -2.57. The average molecular weight is 492 g/mol. The van der Waals surface area contributed by atoms with Crippen molar-refractivity contribution in [3.05, 3.63) is 58.9 Å². The second-order valence-corrected chi connectivity index (χ2v) is 9.45. The van der Waals surface area contributed by atoms with Crippen LogP contribution in [0.3, 0.4) is 0 Å². The summed E-state index contributed by atoms with van der Waals surface area (Å²) in [5.41, 5.74) is 0.554. The van der Waals surface area contributed by atoms with Gasteiger partial charge < -0.3 is 9.80 Å². The molecule has 1 aromatic carbocycles. The van der Waals surface area contributed by atoms with Crippen LogP contribution in [0.1, 0.15) is 30.4 Å². The number of nitrogens with zero attached hydrogens (tertiary/aromatic N) is 5. The van der Waals surface area contributed by atoms with Crippen LogP contribution in [0.15, 0.2) is 42.7 Å². The summed E-state index contributed by atoms with van der Waals surface area (Å²) >= 11 is 5.74. The molecular formula is C24H25ClF3N5O. The number of benzene rings is 1. The van der Waals surface area contributed by atoms with Gasteiger partial charge in [0.15, 0.2) is 0 Å². The Morgan fingerprint density at radius 1 is 1.12 bits per heavy atom. The number of halogens is 4. The number of hydrogen-bond acceptors (Lipinski definition) is 5. The van der Waals surface area contributed by atoms with Gasteiger partial charge in [-0.05, 0) is 48.6 Å². The molecule has 0 saturated carbocycles. The molecule has 3 aliphatic heterocycles. The molecule has 2 bridgehead atoms. The van der Waals surface area contributed by atoms with E-state index >= 15 is 0 Å². The molecule has 10 heteroatoms. The van der Waals surface area contributed by atoms with Crippen LogP contribution in [-0.4, -0.2) is 70.5 Å². The van der Waals surface area contributed by atoms with Gasteiger partial charge in [-0.25, -0.2) is 9.97 Å². The van der Waals surface area contributed by atoms with Crippen LogP contribution in [0.25, 0.3) is 5.57 Å². The van der Waals surface area contributed by atoms with E-state index in [4.69, 9.17) is 11.6 Å². The lowest BCUT2D eigenvalue weighted by atomic mass is 9.97. The first kappa shape index (κ1) is 23.1. The minimum Gasteiger partial charge on any atom is -0.337 e. The number of alkyl halides is 3. The molecule has 0 spiro atoms. The van der Waals surface area contributed by atoms with Crippen LogP contribution in [0.5, 0.6) is 0 Å². The third-order valence-corrected chi connectivity index (χ3v) is 7.24. The van der Waals surface area contributed by atoms with E-state index in [1.165, 1.54) is 6.07 Å². The number of amides is 1. The second-order valence-electron chi connectivity index (χ2n) is 9.05. The number of likely N-dealkylation sites (tertiary alicyclic amines) is 1. The van der Waals surface area contributed by atoms with Crippen LogP contribution in [0.4, 0.5) is 19.1 Å². The molecule has 5 rings (SSSR count). The van der Waals surface area contributed by atoms with Gasteiger partial charge in [-0.15, -0.1) is 0 Å². The first-order valence-electron chi connectivity index (χ1n) is 11.4. The van der Waals surface area contributed by atoms with Crippen molar-refractivity contribution in [2.75, 3.05) is 37.6 Å². The first-order valence-corrected chi connectivity index (χ1v) is 11.8. The maximum atomic E-state index is 13.2. The highest BCUT2D eigenvalue weighted by atomic mass is 35.5. The normalized spacial score (nSPS) is 23.2. The Hall–Kier alpha value is -2.65. The summed E-state index contributed by atoms with van der Waals surface area (Å²) in [7, 11) is 0. The summed E-state index contributed by atoms with van der Waals surface area (Å²) in [4.78, 5) is 28.1. The quantitative estimate of drug-likeness (QED) is 0.644. The molecule has 2 fully saturated rings. The van der Waals surface area contributed by atoms with Gasteiger partial charge in [-0.3, -0.25) is 9.69 Å². The molecule has 2 aromatic rings. The molecule has 4 heterocycles. The Kier molecular flexibility index (Phi) is 6.24. The summed E-state index contributed by atoms with van der Waals surface area (Å²) in [6.07, 6.45) is 3.52. The molecule has 2 saturated heterocycles. The van der Waals surface area contributed by atoms with Crippen molar-refractivity contribution >= 4 is 29.0 Å². The number of aromatic nitrogens is 2. The monoisotopic (exact) mass is 491 g/mol. The van der Waals surface area contributed by atoms with Gasteiger partial charge in [-0.2, -0.15) is 13.2 Å². The summed E-state index contributed by atoms with van der Waals surface area (Å²) in [6.45, 7) is 2.77. The molecule has 0 radical (unpaired) electrons. The Labute approximate surface area is 201 Å². The molecule has 2 unspecified atom stereocenters. The highest BCUT2D eigenvalue weighted by Crippen LogP contribution is 2.37. The van der Waals surface area contributed by atoms with Crippen molar-refractivity contribution in [1.29, 1.82) is 0 Å². The Balaban J connectivity index is 1.19. The van der Waals surface area contributed by atoms with Gasteiger partial charge in [0, 0.05) is 50.7 Å². The summed E-state index contributed by atoms with van der Waals surface area (Å²) < 4.78 is 39.6.